The molecule has 0 saturated carbocycles. The Morgan fingerprint density at radius 1 is 1.44 bits per heavy atom. The third-order valence-electron chi connectivity index (χ3n) is 2.59. The van der Waals surface area contributed by atoms with Gasteiger partial charge >= 0.3 is 6.03 Å². The molecule has 0 radical (unpaired) electrons. The molecule has 0 aromatic heterocycles. The van der Waals surface area contributed by atoms with E-state index in [9.17, 15) is 9.18 Å². The van der Waals surface area contributed by atoms with Crippen LogP contribution in [0.3, 0.4) is 0 Å². The molecule has 1 aromatic rings. The monoisotopic (exact) mass is 219 g/mol. The number of likely N-dealkylation sites (N-methyl/N-ethyl adjacent to an activating group) is 1. The number of benzene rings is 1. The van der Waals surface area contributed by atoms with Crippen LogP contribution in [0, 0.1) is 17.1 Å². The predicted molar refractivity (Wildman–Crippen MR) is 56.5 cm³/mol. The standard InChI is InChI=1S/C11H10FN3O/c1-14-4-5-15(11(14)16)10-6-9(12)3-2-8(10)7-13/h2-3,6H,4-5H2,1H3. The zero-order valence-corrected chi connectivity index (χ0v) is 8.77. The number of nitriles is 1. The van der Waals surface area contributed by atoms with Crippen LogP contribution in [0.15, 0.2) is 18.2 Å². The number of anilines is 1. The molecule has 1 fully saturated rings. The molecule has 1 heterocycles. The minimum Gasteiger partial charge on any atom is -0.326 e. The molecule has 2 amide bonds. The summed E-state index contributed by atoms with van der Waals surface area (Å²) >= 11 is 0. The molecule has 0 spiro atoms. The van der Waals surface area contributed by atoms with Gasteiger partial charge in [-0.15, -0.1) is 0 Å². The van der Waals surface area contributed by atoms with Crippen molar-refractivity contribution in [2.45, 2.75) is 0 Å². The third-order valence-corrected chi connectivity index (χ3v) is 2.59. The van der Waals surface area contributed by atoms with Gasteiger partial charge < -0.3 is 4.90 Å². The van der Waals surface area contributed by atoms with Crippen LogP contribution < -0.4 is 4.90 Å². The first kappa shape index (κ1) is 10.4. The molecule has 2 rings (SSSR count). The van der Waals surface area contributed by atoms with Crippen LogP contribution in [0.4, 0.5) is 14.9 Å². The smallest absolute Gasteiger partial charge is 0.324 e. The zero-order chi connectivity index (χ0) is 11.7. The molecule has 0 N–H and O–H groups in total. The number of nitrogens with zero attached hydrogens (tertiary/aromatic N) is 3. The highest BCUT2D eigenvalue weighted by Gasteiger charge is 2.28. The molecular formula is C11H10FN3O. The van der Waals surface area contributed by atoms with Gasteiger partial charge in [0, 0.05) is 20.1 Å². The Balaban J connectivity index is 2.44. The second-order valence-electron chi connectivity index (χ2n) is 3.63. The molecule has 16 heavy (non-hydrogen) atoms. The van der Waals surface area contributed by atoms with Crippen molar-refractivity contribution < 1.29 is 9.18 Å². The molecule has 1 aliphatic heterocycles. The van der Waals surface area contributed by atoms with E-state index in [1.54, 1.807) is 7.05 Å². The molecule has 82 valence electrons. The minimum absolute atomic E-state index is 0.206. The number of amides is 2. The summed E-state index contributed by atoms with van der Waals surface area (Å²) < 4.78 is 13.1. The fraction of sp³-hybridized carbons (Fsp3) is 0.273. The van der Waals surface area contributed by atoms with Crippen molar-refractivity contribution in [3.63, 3.8) is 0 Å². The van der Waals surface area contributed by atoms with E-state index in [2.05, 4.69) is 0 Å². The van der Waals surface area contributed by atoms with E-state index >= 15 is 0 Å². The van der Waals surface area contributed by atoms with Gasteiger partial charge in [0.25, 0.3) is 0 Å². The summed E-state index contributed by atoms with van der Waals surface area (Å²) in [6.07, 6.45) is 0. The van der Waals surface area contributed by atoms with Crippen LogP contribution in [0.1, 0.15) is 5.56 Å². The number of carbonyl (C=O) groups is 1. The molecule has 0 aliphatic carbocycles. The maximum Gasteiger partial charge on any atom is 0.324 e. The summed E-state index contributed by atoms with van der Waals surface area (Å²) in [5.41, 5.74) is 0.655. The Morgan fingerprint density at radius 3 is 2.75 bits per heavy atom. The number of carbonyl (C=O) groups excluding carboxylic acids is 1. The minimum atomic E-state index is -0.448. The van der Waals surface area contributed by atoms with E-state index in [1.807, 2.05) is 6.07 Å². The molecule has 5 heteroatoms. The average Bonchev–Trinajstić information content (AvgIpc) is 2.60. The Kier molecular flexibility index (Phi) is 2.49. The lowest BCUT2D eigenvalue weighted by Gasteiger charge is -2.17. The SMILES string of the molecule is CN1CCN(c2cc(F)ccc2C#N)C1=O. The first-order valence-electron chi connectivity index (χ1n) is 4.86. The molecule has 1 aromatic carbocycles. The van der Waals surface area contributed by atoms with Crippen molar-refractivity contribution >= 4 is 11.7 Å². The van der Waals surface area contributed by atoms with E-state index in [1.165, 1.54) is 28.0 Å². The number of hydrogen-bond acceptors (Lipinski definition) is 2. The van der Waals surface area contributed by atoms with Crippen LogP contribution in [0.5, 0.6) is 0 Å². The maximum atomic E-state index is 13.1. The van der Waals surface area contributed by atoms with E-state index in [0.717, 1.165) is 0 Å². The Hall–Kier alpha value is -2.09. The van der Waals surface area contributed by atoms with Crippen LogP contribution in [-0.2, 0) is 0 Å². The summed E-state index contributed by atoms with van der Waals surface area (Å²) in [6, 6.07) is 5.57. The van der Waals surface area contributed by atoms with Gasteiger partial charge in [-0.3, -0.25) is 4.90 Å². The molecule has 1 saturated heterocycles. The van der Waals surface area contributed by atoms with Gasteiger partial charge in [-0.2, -0.15) is 5.26 Å². The van der Waals surface area contributed by atoms with E-state index in [-0.39, 0.29) is 6.03 Å². The Bertz CT molecular complexity index is 481. The van der Waals surface area contributed by atoms with Crippen molar-refractivity contribution in [1.29, 1.82) is 5.26 Å². The van der Waals surface area contributed by atoms with Crippen molar-refractivity contribution in [1.82, 2.24) is 4.90 Å². The first-order valence-corrected chi connectivity index (χ1v) is 4.86. The van der Waals surface area contributed by atoms with Crippen LogP contribution >= 0.6 is 0 Å². The largest absolute Gasteiger partial charge is 0.326 e. The fourth-order valence-electron chi connectivity index (χ4n) is 1.69. The summed E-state index contributed by atoms with van der Waals surface area (Å²) in [7, 11) is 1.67. The lowest BCUT2D eigenvalue weighted by atomic mass is 10.2. The van der Waals surface area contributed by atoms with Gasteiger partial charge in [-0.05, 0) is 18.2 Å². The number of halogens is 1. The molecule has 1 aliphatic rings. The summed E-state index contributed by atoms with van der Waals surface area (Å²) in [5.74, 6) is -0.448. The van der Waals surface area contributed by atoms with Gasteiger partial charge in [0.1, 0.15) is 11.9 Å². The Morgan fingerprint density at radius 2 is 2.19 bits per heavy atom. The zero-order valence-electron chi connectivity index (χ0n) is 8.77. The maximum absolute atomic E-state index is 13.1. The van der Waals surface area contributed by atoms with Gasteiger partial charge in [0.2, 0.25) is 0 Å². The lowest BCUT2D eigenvalue weighted by Crippen LogP contribution is -2.29. The van der Waals surface area contributed by atoms with E-state index in [4.69, 9.17) is 5.26 Å². The van der Waals surface area contributed by atoms with Crippen LogP contribution in [0.2, 0.25) is 0 Å². The van der Waals surface area contributed by atoms with Gasteiger partial charge in [0.15, 0.2) is 0 Å². The first-order chi connectivity index (χ1) is 7.63. The second-order valence-corrected chi connectivity index (χ2v) is 3.63. The second kappa shape index (κ2) is 3.81. The highest BCUT2D eigenvalue weighted by molar-refractivity contribution is 5.95. The van der Waals surface area contributed by atoms with E-state index in [0.29, 0.717) is 24.3 Å². The molecule has 0 atom stereocenters. The van der Waals surface area contributed by atoms with Gasteiger partial charge in [0.05, 0.1) is 11.3 Å². The number of hydrogen-bond donors (Lipinski definition) is 0. The van der Waals surface area contributed by atoms with Crippen molar-refractivity contribution in [2.24, 2.45) is 0 Å². The van der Waals surface area contributed by atoms with Gasteiger partial charge in [-0.1, -0.05) is 0 Å². The molecule has 4 nitrogen and oxygen atoms in total. The molecule has 0 bridgehead atoms. The van der Waals surface area contributed by atoms with E-state index < -0.39 is 5.82 Å². The quantitative estimate of drug-likeness (QED) is 0.719. The topological polar surface area (TPSA) is 47.3 Å². The summed E-state index contributed by atoms with van der Waals surface area (Å²) in [6.45, 7) is 1.06. The normalized spacial score (nSPS) is 15.4. The van der Waals surface area contributed by atoms with Crippen LogP contribution in [-0.4, -0.2) is 31.1 Å². The third kappa shape index (κ3) is 1.58. The summed E-state index contributed by atoms with van der Waals surface area (Å²) in [5, 5.41) is 8.90. The Labute approximate surface area is 92.5 Å². The highest BCUT2D eigenvalue weighted by Crippen LogP contribution is 2.24. The predicted octanol–water partition coefficient (Wildman–Crippen LogP) is 1.57. The van der Waals surface area contributed by atoms with Gasteiger partial charge in [-0.25, -0.2) is 9.18 Å². The average molecular weight is 219 g/mol. The fourth-order valence-corrected chi connectivity index (χ4v) is 1.69. The highest BCUT2D eigenvalue weighted by atomic mass is 19.1. The molecular weight excluding hydrogens is 209 g/mol. The van der Waals surface area contributed by atoms with Crippen molar-refractivity contribution in [3.05, 3.63) is 29.6 Å². The molecule has 0 unspecified atom stereocenters. The number of urea groups is 1. The summed E-state index contributed by atoms with van der Waals surface area (Å²) in [4.78, 5) is 14.7. The van der Waals surface area contributed by atoms with Crippen molar-refractivity contribution in [2.75, 3.05) is 25.0 Å². The van der Waals surface area contributed by atoms with Crippen LogP contribution in [0.25, 0.3) is 0 Å². The number of rotatable bonds is 1. The lowest BCUT2D eigenvalue weighted by molar-refractivity contribution is 0.229. The van der Waals surface area contributed by atoms with Crippen molar-refractivity contribution in [3.8, 4) is 6.07 Å².